The topological polar surface area (TPSA) is 38.3 Å². The molecular formula is C14H15NO2S. The summed E-state index contributed by atoms with van der Waals surface area (Å²) >= 11 is 1.68. The average molecular weight is 261 g/mol. The number of carbonyl (C=O) groups is 1. The van der Waals surface area contributed by atoms with Crippen molar-refractivity contribution in [2.45, 2.75) is 13.5 Å². The molecule has 2 rings (SSSR count). The van der Waals surface area contributed by atoms with Crippen molar-refractivity contribution in [3.63, 3.8) is 0 Å². The number of aryl methyl sites for hydroxylation is 1. The van der Waals surface area contributed by atoms with Crippen molar-refractivity contribution in [2.24, 2.45) is 0 Å². The number of ether oxygens (including phenoxy) is 1. The molecule has 0 aliphatic carbocycles. The number of nitrogens with one attached hydrogen (secondary N) is 1. The summed E-state index contributed by atoms with van der Waals surface area (Å²) in [6, 6.07) is 7.60. The summed E-state index contributed by atoms with van der Waals surface area (Å²) in [6.45, 7) is 2.77. The fraction of sp³-hybridized carbons (Fsp3) is 0.214. The Morgan fingerprint density at radius 3 is 2.89 bits per heavy atom. The molecule has 0 aliphatic rings. The van der Waals surface area contributed by atoms with E-state index in [1.807, 2.05) is 19.1 Å². The molecular weight excluding hydrogens is 246 g/mol. The van der Waals surface area contributed by atoms with Gasteiger partial charge in [0, 0.05) is 12.2 Å². The molecule has 0 saturated heterocycles. The zero-order valence-electron chi connectivity index (χ0n) is 10.4. The van der Waals surface area contributed by atoms with Crippen LogP contribution in [-0.4, -0.2) is 13.1 Å². The lowest BCUT2D eigenvalue weighted by Crippen LogP contribution is -2.05. The normalized spacial score (nSPS) is 10.1. The fourth-order valence-corrected chi connectivity index (χ4v) is 2.32. The van der Waals surface area contributed by atoms with Gasteiger partial charge in [-0.2, -0.15) is 11.3 Å². The van der Waals surface area contributed by atoms with Gasteiger partial charge in [-0.05, 0) is 47.0 Å². The van der Waals surface area contributed by atoms with E-state index in [4.69, 9.17) is 4.74 Å². The highest BCUT2D eigenvalue weighted by Crippen LogP contribution is 2.19. The van der Waals surface area contributed by atoms with Gasteiger partial charge in [0.2, 0.25) is 0 Å². The minimum absolute atomic E-state index is 0.311. The molecule has 2 aromatic rings. The summed E-state index contributed by atoms with van der Waals surface area (Å²) in [5.41, 5.74) is 3.88. The quantitative estimate of drug-likeness (QED) is 0.857. The second-order valence-corrected chi connectivity index (χ2v) is 4.79. The van der Waals surface area contributed by atoms with E-state index in [2.05, 4.69) is 22.1 Å². The maximum atomic E-state index is 11.5. The van der Waals surface area contributed by atoms with Crippen LogP contribution in [0.25, 0.3) is 0 Å². The van der Waals surface area contributed by atoms with Crippen LogP contribution in [0.3, 0.4) is 0 Å². The highest BCUT2D eigenvalue weighted by molar-refractivity contribution is 7.07. The van der Waals surface area contributed by atoms with Gasteiger partial charge in [-0.1, -0.05) is 6.07 Å². The minimum atomic E-state index is -0.311. The summed E-state index contributed by atoms with van der Waals surface area (Å²) in [6.07, 6.45) is 0. The largest absolute Gasteiger partial charge is 0.465 e. The molecule has 94 valence electrons. The molecule has 0 saturated carbocycles. The Labute approximate surface area is 110 Å². The van der Waals surface area contributed by atoms with Gasteiger partial charge in [-0.3, -0.25) is 0 Å². The van der Waals surface area contributed by atoms with E-state index in [0.29, 0.717) is 5.56 Å². The zero-order valence-corrected chi connectivity index (χ0v) is 11.2. The van der Waals surface area contributed by atoms with Crippen molar-refractivity contribution in [2.75, 3.05) is 12.4 Å². The van der Waals surface area contributed by atoms with E-state index in [1.165, 1.54) is 12.7 Å². The summed E-state index contributed by atoms with van der Waals surface area (Å²) in [5.74, 6) is -0.311. The van der Waals surface area contributed by atoms with Crippen molar-refractivity contribution in [1.29, 1.82) is 0 Å². The second kappa shape index (κ2) is 5.69. The first-order chi connectivity index (χ1) is 8.70. The predicted molar refractivity (Wildman–Crippen MR) is 74.2 cm³/mol. The molecule has 4 heteroatoms. The SMILES string of the molecule is COC(=O)c1ccc(C)c(NCc2ccsc2)c1. The van der Waals surface area contributed by atoms with E-state index in [-0.39, 0.29) is 5.97 Å². The highest BCUT2D eigenvalue weighted by Gasteiger charge is 2.07. The molecule has 0 radical (unpaired) electrons. The summed E-state index contributed by atoms with van der Waals surface area (Å²) in [4.78, 5) is 11.5. The van der Waals surface area contributed by atoms with Gasteiger partial charge >= 0.3 is 5.97 Å². The lowest BCUT2D eigenvalue weighted by atomic mass is 10.1. The van der Waals surface area contributed by atoms with Gasteiger partial charge in [-0.25, -0.2) is 4.79 Å². The molecule has 1 aromatic heterocycles. The number of anilines is 1. The van der Waals surface area contributed by atoms with E-state index < -0.39 is 0 Å². The van der Waals surface area contributed by atoms with Gasteiger partial charge in [0.15, 0.2) is 0 Å². The van der Waals surface area contributed by atoms with Crippen LogP contribution in [0, 0.1) is 6.92 Å². The zero-order chi connectivity index (χ0) is 13.0. The molecule has 3 nitrogen and oxygen atoms in total. The first-order valence-corrected chi connectivity index (χ1v) is 6.59. The monoisotopic (exact) mass is 261 g/mol. The Morgan fingerprint density at radius 1 is 1.39 bits per heavy atom. The number of carbonyl (C=O) groups excluding carboxylic acids is 1. The maximum Gasteiger partial charge on any atom is 0.337 e. The fourth-order valence-electron chi connectivity index (χ4n) is 1.65. The molecule has 18 heavy (non-hydrogen) atoms. The molecule has 1 heterocycles. The van der Waals surface area contributed by atoms with Crippen molar-refractivity contribution < 1.29 is 9.53 Å². The lowest BCUT2D eigenvalue weighted by molar-refractivity contribution is 0.0601. The van der Waals surface area contributed by atoms with E-state index in [1.54, 1.807) is 17.4 Å². The van der Waals surface area contributed by atoms with E-state index in [9.17, 15) is 4.79 Å². The van der Waals surface area contributed by atoms with Crippen LogP contribution in [0.2, 0.25) is 0 Å². The van der Waals surface area contributed by atoms with Crippen LogP contribution in [-0.2, 0) is 11.3 Å². The van der Waals surface area contributed by atoms with Crippen LogP contribution in [0.5, 0.6) is 0 Å². The van der Waals surface area contributed by atoms with E-state index >= 15 is 0 Å². The standard InChI is InChI=1S/C14H15NO2S/c1-10-3-4-12(14(16)17-2)7-13(10)15-8-11-5-6-18-9-11/h3-7,9,15H,8H2,1-2H3. The van der Waals surface area contributed by atoms with Crippen molar-refractivity contribution in [3.05, 3.63) is 51.7 Å². The Morgan fingerprint density at radius 2 is 2.22 bits per heavy atom. The average Bonchev–Trinajstić information content (AvgIpc) is 2.90. The lowest BCUT2D eigenvalue weighted by Gasteiger charge is -2.10. The molecule has 0 unspecified atom stereocenters. The molecule has 1 aromatic carbocycles. The minimum Gasteiger partial charge on any atom is -0.465 e. The van der Waals surface area contributed by atoms with E-state index in [0.717, 1.165) is 17.8 Å². The van der Waals surface area contributed by atoms with Crippen LogP contribution >= 0.6 is 11.3 Å². The van der Waals surface area contributed by atoms with Crippen LogP contribution in [0.15, 0.2) is 35.0 Å². The molecule has 0 fully saturated rings. The molecule has 0 aliphatic heterocycles. The number of thiophene rings is 1. The van der Waals surface area contributed by atoms with Gasteiger partial charge in [0.1, 0.15) is 0 Å². The maximum absolute atomic E-state index is 11.5. The van der Waals surface area contributed by atoms with Crippen LogP contribution < -0.4 is 5.32 Å². The summed E-state index contributed by atoms with van der Waals surface area (Å²) in [5, 5.41) is 7.49. The number of hydrogen-bond donors (Lipinski definition) is 1. The number of rotatable bonds is 4. The third-order valence-corrected chi connectivity index (χ3v) is 3.45. The first-order valence-electron chi connectivity index (χ1n) is 5.64. The predicted octanol–water partition coefficient (Wildman–Crippen LogP) is 3.46. The van der Waals surface area contributed by atoms with Crippen molar-refractivity contribution >= 4 is 23.0 Å². The Kier molecular flexibility index (Phi) is 3.99. The van der Waals surface area contributed by atoms with Crippen molar-refractivity contribution in [1.82, 2.24) is 0 Å². The van der Waals surface area contributed by atoms with Gasteiger partial charge < -0.3 is 10.1 Å². The third-order valence-electron chi connectivity index (χ3n) is 2.72. The first kappa shape index (κ1) is 12.6. The van der Waals surface area contributed by atoms with Crippen LogP contribution in [0.1, 0.15) is 21.5 Å². The number of esters is 1. The van der Waals surface area contributed by atoms with Gasteiger partial charge in [0.05, 0.1) is 12.7 Å². The number of methoxy groups -OCH3 is 1. The van der Waals surface area contributed by atoms with Crippen LogP contribution in [0.4, 0.5) is 5.69 Å². The third kappa shape index (κ3) is 2.90. The molecule has 0 bridgehead atoms. The number of hydrogen-bond acceptors (Lipinski definition) is 4. The molecule has 1 N–H and O–H groups in total. The second-order valence-electron chi connectivity index (χ2n) is 4.01. The highest BCUT2D eigenvalue weighted by atomic mass is 32.1. The smallest absolute Gasteiger partial charge is 0.337 e. The Balaban J connectivity index is 2.13. The Hall–Kier alpha value is -1.81. The molecule has 0 atom stereocenters. The summed E-state index contributed by atoms with van der Waals surface area (Å²) < 4.78 is 4.72. The van der Waals surface area contributed by atoms with Gasteiger partial charge in [0.25, 0.3) is 0 Å². The Bertz CT molecular complexity index is 535. The number of benzene rings is 1. The summed E-state index contributed by atoms with van der Waals surface area (Å²) in [7, 11) is 1.39. The van der Waals surface area contributed by atoms with Gasteiger partial charge in [-0.15, -0.1) is 0 Å². The molecule has 0 amide bonds. The molecule has 0 spiro atoms. The van der Waals surface area contributed by atoms with Crippen molar-refractivity contribution in [3.8, 4) is 0 Å².